The number of carbonyl (C=O) groups excluding carboxylic acids is 2. The Morgan fingerprint density at radius 3 is 2.41 bits per heavy atom. The molecule has 39 heavy (non-hydrogen) atoms. The number of ether oxygens (including phenoxy) is 2. The van der Waals surface area contributed by atoms with Gasteiger partial charge in [-0.3, -0.25) is 9.59 Å². The normalized spacial score (nSPS) is 10.8. The maximum absolute atomic E-state index is 12.2. The molecule has 2 amide bonds. The third-order valence-corrected chi connectivity index (χ3v) is 6.46. The number of amides is 2. The van der Waals surface area contributed by atoms with E-state index in [9.17, 15) is 9.59 Å². The minimum atomic E-state index is -0.597. The summed E-state index contributed by atoms with van der Waals surface area (Å²) in [6.07, 6.45) is 3.24. The van der Waals surface area contributed by atoms with Gasteiger partial charge in [0.2, 0.25) is 11.8 Å². The smallest absolute Gasteiger partial charge is 0.249 e. The Morgan fingerprint density at radius 1 is 0.923 bits per heavy atom. The first-order chi connectivity index (χ1) is 18.7. The van der Waals surface area contributed by atoms with E-state index < -0.39 is 18.2 Å². The molecule has 0 radical (unpaired) electrons. The van der Waals surface area contributed by atoms with Crippen molar-refractivity contribution in [2.75, 3.05) is 11.9 Å². The summed E-state index contributed by atoms with van der Waals surface area (Å²) < 4.78 is 11.9. The summed E-state index contributed by atoms with van der Waals surface area (Å²) in [7, 11) is 0. The lowest BCUT2D eigenvalue weighted by atomic mass is 10.1. The molecule has 0 bridgehead atoms. The van der Waals surface area contributed by atoms with Gasteiger partial charge in [0.15, 0.2) is 11.5 Å². The van der Waals surface area contributed by atoms with Crippen molar-refractivity contribution in [2.24, 2.45) is 5.10 Å². The Hall–Kier alpha value is -3.23. The number of rotatable bonds is 12. The van der Waals surface area contributed by atoms with E-state index in [4.69, 9.17) is 55.9 Å². The summed E-state index contributed by atoms with van der Waals surface area (Å²) in [5.74, 6) is -0.0890. The molecule has 0 aliphatic carbocycles. The maximum Gasteiger partial charge on any atom is 0.249 e. The maximum atomic E-state index is 12.2. The van der Waals surface area contributed by atoms with Crippen molar-refractivity contribution in [2.45, 2.75) is 26.4 Å². The van der Waals surface area contributed by atoms with Crippen molar-refractivity contribution in [1.82, 2.24) is 5.43 Å². The molecule has 0 aliphatic rings. The first-order valence-corrected chi connectivity index (χ1v) is 13.3. The van der Waals surface area contributed by atoms with E-state index in [2.05, 4.69) is 22.4 Å². The molecule has 0 aliphatic heterocycles. The average molecular weight is 609 g/mol. The number of nitrogens with one attached hydrogen (secondary N) is 2. The first kappa shape index (κ1) is 30.3. The number of nitrogens with zero attached hydrogens (tertiary/aromatic N) is 1. The highest BCUT2D eigenvalue weighted by molar-refractivity contribution is 6.42. The highest BCUT2D eigenvalue weighted by Gasteiger charge is 2.15. The van der Waals surface area contributed by atoms with Crippen LogP contribution in [0.25, 0.3) is 0 Å². The van der Waals surface area contributed by atoms with Crippen LogP contribution in [0.3, 0.4) is 0 Å². The lowest BCUT2D eigenvalue weighted by Crippen LogP contribution is -2.24. The van der Waals surface area contributed by atoms with Crippen molar-refractivity contribution in [3.8, 4) is 11.5 Å². The number of benzene rings is 3. The minimum absolute atomic E-state index is 0.202. The summed E-state index contributed by atoms with van der Waals surface area (Å²) in [6.45, 7) is 6.28. The molecule has 2 N–H and O–H groups in total. The Balaban J connectivity index is 1.68. The standard InChI is InChI=1S/C28H25Cl4N3O4/c1-3-5-18-10-17(11-25(38-4-2)28(18)39-16-19-6-7-20(29)12-23(19)31)15-33-35-27(37)14-26(36)34-21-8-9-22(30)24(32)13-21/h3,6-13,15H,1,4-5,14,16H2,2H3,(H,34,36)(H,35,37). The van der Waals surface area contributed by atoms with Crippen molar-refractivity contribution in [1.29, 1.82) is 0 Å². The van der Waals surface area contributed by atoms with Crippen LogP contribution in [0.5, 0.6) is 11.5 Å². The molecule has 0 saturated heterocycles. The zero-order valence-electron chi connectivity index (χ0n) is 20.9. The molecule has 7 nitrogen and oxygen atoms in total. The summed E-state index contributed by atoms with van der Waals surface area (Å²) in [4.78, 5) is 24.4. The van der Waals surface area contributed by atoms with Crippen LogP contribution in [0.2, 0.25) is 20.1 Å². The monoisotopic (exact) mass is 607 g/mol. The van der Waals surface area contributed by atoms with Gasteiger partial charge in [-0.1, -0.05) is 58.5 Å². The van der Waals surface area contributed by atoms with Gasteiger partial charge < -0.3 is 14.8 Å². The van der Waals surface area contributed by atoms with Gasteiger partial charge >= 0.3 is 0 Å². The number of allylic oxidation sites excluding steroid dienone is 1. The van der Waals surface area contributed by atoms with Crippen molar-refractivity contribution in [3.63, 3.8) is 0 Å². The molecule has 0 heterocycles. The van der Waals surface area contributed by atoms with Gasteiger partial charge in [0.25, 0.3) is 0 Å². The third-order valence-electron chi connectivity index (χ3n) is 5.13. The van der Waals surface area contributed by atoms with Crippen LogP contribution in [0.15, 0.2) is 66.3 Å². The highest BCUT2D eigenvalue weighted by atomic mass is 35.5. The van der Waals surface area contributed by atoms with Crippen LogP contribution in [-0.2, 0) is 22.6 Å². The second-order valence-corrected chi connectivity index (χ2v) is 9.76. The Kier molecular flexibility index (Phi) is 11.5. The molecule has 0 aromatic heterocycles. The molecular formula is C28H25Cl4N3O4. The molecule has 3 rings (SSSR count). The van der Waals surface area contributed by atoms with E-state index >= 15 is 0 Å². The first-order valence-electron chi connectivity index (χ1n) is 11.7. The topological polar surface area (TPSA) is 89.0 Å². The fourth-order valence-electron chi connectivity index (χ4n) is 3.42. The van der Waals surface area contributed by atoms with Gasteiger partial charge in [0.05, 0.1) is 22.9 Å². The zero-order chi connectivity index (χ0) is 28.4. The Morgan fingerprint density at radius 2 is 1.72 bits per heavy atom. The van der Waals surface area contributed by atoms with Gasteiger partial charge in [-0.15, -0.1) is 6.58 Å². The third kappa shape index (κ3) is 9.18. The van der Waals surface area contributed by atoms with Gasteiger partial charge in [0, 0.05) is 26.9 Å². The summed E-state index contributed by atoms with van der Waals surface area (Å²) in [5.41, 5.74) is 4.98. The minimum Gasteiger partial charge on any atom is -0.490 e. The van der Waals surface area contributed by atoms with E-state index in [0.29, 0.717) is 50.8 Å². The summed E-state index contributed by atoms with van der Waals surface area (Å²) in [5, 5.41) is 8.23. The summed E-state index contributed by atoms with van der Waals surface area (Å²) >= 11 is 24.1. The number of hydrogen-bond donors (Lipinski definition) is 2. The molecule has 0 atom stereocenters. The van der Waals surface area contributed by atoms with Crippen LogP contribution in [-0.4, -0.2) is 24.6 Å². The molecular weight excluding hydrogens is 584 g/mol. The molecule has 0 saturated carbocycles. The highest BCUT2D eigenvalue weighted by Crippen LogP contribution is 2.35. The molecule has 204 valence electrons. The van der Waals surface area contributed by atoms with E-state index in [1.165, 1.54) is 12.3 Å². The number of halogens is 4. The molecule has 0 unspecified atom stereocenters. The number of hydrogen-bond acceptors (Lipinski definition) is 5. The van der Waals surface area contributed by atoms with Crippen LogP contribution in [0.4, 0.5) is 5.69 Å². The van der Waals surface area contributed by atoms with Crippen molar-refractivity contribution < 1.29 is 19.1 Å². The van der Waals surface area contributed by atoms with Crippen LogP contribution >= 0.6 is 46.4 Å². The molecule has 0 spiro atoms. The molecule has 11 heteroatoms. The number of carbonyl (C=O) groups is 2. The predicted octanol–water partition coefficient (Wildman–Crippen LogP) is 7.49. The fraction of sp³-hybridized carbons (Fsp3) is 0.179. The second kappa shape index (κ2) is 14.8. The van der Waals surface area contributed by atoms with E-state index in [1.807, 2.05) is 13.0 Å². The lowest BCUT2D eigenvalue weighted by molar-refractivity contribution is -0.126. The van der Waals surface area contributed by atoms with E-state index in [0.717, 1.165) is 11.1 Å². The molecule has 3 aromatic rings. The SMILES string of the molecule is C=CCc1cc(C=NNC(=O)CC(=O)Nc2ccc(Cl)c(Cl)c2)cc(OCC)c1OCc1ccc(Cl)cc1Cl. The number of anilines is 1. The van der Waals surface area contributed by atoms with Gasteiger partial charge in [-0.2, -0.15) is 5.10 Å². The zero-order valence-corrected chi connectivity index (χ0v) is 23.9. The number of hydrazone groups is 1. The Labute approximate surface area is 246 Å². The average Bonchev–Trinajstić information content (AvgIpc) is 2.87. The van der Waals surface area contributed by atoms with Crippen LogP contribution in [0, 0.1) is 0 Å². The predicted molar refractivity (Wildman–Crippen MR) is 158 cm³/mol. The van der Waals surface area contributed by atoms with Crippen molar-refractivity contribution >= 4 is 70.1 Å². The Bertz CT molecular complexity index is 1400. The second-order valence-electron chi connectivity index (χ2n) is 8.10. The molecule has 3 aromatic carbocycles. The van der Waals surface area contributed by atoms with Gasteiger partial charge in [-0.25, -0.2) is 5.43 Å². The van der Waals surface area contributed by atoms with Crippen LogP contribution < -0.4 is 20.2 Å². The van der Waals surface area contributed by atoms with E-state index in [-0.39, 0.29) is 11.6 Å². The van der Waals surface area contributed by atoms with Crippen LogP contribution in [0.1, 0.15) is 30.0 Å². The van der Waals surface area contributed by atoms with Crippen molar-refractivity contribution in [3.05, 3.63) is 98.0 Å². The van der Waals surface area contributed by atoms with E-state index in [1.54, 1.807) is 42.5 Å². The van der Waals surface area contributed by atoms with Gasteiger partial charge in [0.1, 0.15) is 13.0 Å². The quantitative estimate of drug-likeness (QED) is 0.0965. The van der Waals surface area contributed by atoms with Gasteiger partial charge in [-0.05, 0) is 61.4 Å². The fourth-order valence-corrected chi connectivity index (χ4v) is 4.18. The largest absolute Gasteiger partial charge is 0.490 e. The summed E-state index contributed by atoms with van der Waals surface area (Å²) in [6, 6.07) is 13.4. The lowest BCUT2D eigenvalue weighted by Gasteiger charge is -2.17. The molecule has 0 fully saturated rings.